The molecule has 3 rings (SSSR count). The average Bonchev–Trinajstić information content (AvgIpc) is 2.84. The molecule has 0 atom stereocenters. The lowest BCUT2D eigenvalue weighted by Crippen LogP contribution is -2.26. The molecule has 3 aromatic rings. The van der Waals surface area contributed by atoms with E-state index < -0.39 is 0 Å². The van der Waals surface area contributed by atoms with Crippen LogP contribution < -0.4 is 15.4 Å². The van der Waals surface area contributed by atoms with Gasteiger partial charge in [0.1, 0.15) is 5.75 Å². The van der Waals surface area contributed by atoms with Gasteiger partial charge in [-0.25, -0.2) is 0 Å². The van der Waals surface area contributed by atoms with Crippen LogP contribution >= 0.6 is 11.6 Å². The predicted octanol–water partition coefficient (Wildman–Crippen LogP) is 4.93. The van der Waals surface area contributed by atoms with Gasteiger partial charge in [0.05, 0.1) is 40.5 Å². The Balaban J connectivity index is 1.85. The molecule has 0 fully saturated rings. The summed E-state index contributed by atoms with van der Waals surface area (Å²) in [5.74, 6) is 0.355. The second kappa shape index (κ2) is 12.0. The van der Waals surface area contributed by atoms with Gasteiger partial charge < -0.3 is 20.1 Å². The molecular weight excluding hydrogens is 440 g/mol. The number of carbonyl (C=O) groups is 1. The molecule has 33 heavy (non-hydrogen) atoms. The molecule has 0 radical (unpaired) electrons. The number of hydrogen-bond acceptors (Lipinski definition) is 6. The summed E-state index contributed by atoms with van der Waals surface area (Å²) in [5, 5.41) is 16.8. The number of fused-ring (bicyclic) bond motifs is 1. The monoisotopic (exact) mass is 466 g/mol. The molecule has 0 saturated heterocycles. The SMILES string of the molecule is CCCOCCCNC(=O)c1cnc2ccc(C#N)cc2c1NCc1ccc(OC)c(Cl)c1. The maximum Gasteiger partial charge on any atom is 0.254 e. The van der Waals surface area contributed by atoms with E-state index in [2.05, 4.69) is 28.6 Å². The lowest BCUT2D eigenvalue weighted by molar-refractivity contribution is 0.0942. The number of nitrogens with one attached hydrogen (secondary N) is 2. The van der Waals surface area contributed by atoms with Crippen molar-refractivity contribution in [1.29, 1.82) is 5.26 Å². The van der Waals surface area contributed by atoms with Gasteiger partial charge in [0.15, 0.2) is 0 Å². The quantitative estimate of drug-likeness (QED) is 0.389. The summed E-state index contributed by atoms with van der Waals surface area (Å²) in [6.45, 7) is 4.28. The second-order valence-electron chi connectivity index (χ2n) is 7.43. The number of methoxy groups -OCH3 is 1. The highest BCUT2D eigenvalue weighted by Gasteiger charge is 2.16. The Morgan fingerprint density at radius 1 is 1.21 bits per heavy atom. The fourth-order valence-electron chi connectivity index (χ4n) is 3.35. The Bertz CT molecular complexity index is 1160. The molecule has 0 saturated carbocycles. The van der Waals surface area contributed by atoms with Crippen LogP contribution in [-0.2, 0) is 11.3 Å². The summed E-state index contributed by atoms with van der Waals surface area (Å²) >= 11 is 6.26. The molecule has 0 aliphatic rings. The Morgan fingerprint density at radius 3 is 2.79 bits per heavy atom. The third-order valence-electron chi connectivity index (χ3n) is 5.03. The standard InChI is InChI=1S/C25H27ClN4O3/c1-3-10-33-11-4-9-28-25(31)20-16-29-22-7-5-17(14-27)12-19(22)24(20)30-15-18-6-8-23(32-2)21(26)13-18/h5-8,12-13,16H,3-4,9-11,15H2,1-2H3,(H,28,31)(H,29,30). The van der Waals surface area contributed by atoms with E-state index in [-0.39, 0.29) is 5.91 Å². The summed E-state index contributed by atoms with van der Waals surface area (Å²) < 4.78 is 10.7. The number of pyridine rings is 1. The minimum Gasteiger partial charge on any atom is -0.495 e. The normalized spacial score (nSPS) is 10.6. The summed E-state index contributed by atoms with van der Waals surface area (Å²) in [7, 11) is 1.57. The van der Waals surface area contributed by atoms with Gasteiger partial charge in [-0.15, -0.1) is 0 Å². The molecule has 0 unspecified atom stereocenters. The van der Waals surface area contributed by atoms with Gasteiger partial charge in [-0.1, -0.05) is 24.6 Å². The van der Waals surface area contributed by atoms with Crippen molar-refractivity contribution in [2.24, 2.45) is 0 Å². The third kappa shape index (κ3) is 6.35. The number of nitrogens with zero attached hydrogens (tertiary/aromatic N) is 2. The summed E-state index contributed by atoms with van der Waals surface area (Å²) in [6.07, 6.45) is 3.24. The lowest BCUT2D eigenvalue weighted by Gasteiger charge is -2.16. The van der Waals surface area contributed by atoms with Gasteiger partial charge >= 0.3 is 0 Å². The Kier molecular flexibility index (Phi) is 8.87. The van der Waals surface area contributed by atoms with Gasteiger partial charge in [0.25, 0.3) is 5.91 Å². The zero-order valence-electron chi connectivity index (χ0n) is 18.8. The number of anilines is 1. The van der Waals surface area contributed by atoms with Crippen LogP contribution in [0.15, 0.2) is 42.6 Å². The van der Waals surface area contributed by atoms with E-state index in [4.69, 9.17) is 21.1 Å². The van der Waals surface area contributed by atoms with E-state index in [1.54, 1.807) is 37.6 Å². The molecule has 1 heterocycles. The average molecular weight is 467 g/mol. The van der Waals surface area contributed by atoms with Gasteiger partial charge in [0, 0.05) is 37.9 Å². The van der Waals surface area contributed by atoms with Gasteiger partial charge in [-0.05, 0) is 48.7 Å². The highest BCUT2D eigenvalue weighted by molar-refractivity contribution is 6.32. The third-order valence-corrected chi connectivity index (χ3v) is 5.32. The number of rotatable bonds is 11. The topological polar surface area (TPSA) is 96.3 Å². The first kappa shape index (κ1) is 24.3. The lowest BCUT2D eigenvalue weighted by atomic mass is 10.1. The van der Waals surface area contributed by atoms with Crippen molar-refractivity contribution in [3.05, 3.63) is 64.3 Å². The Labute approximate surface area is 198 Å². The molecule has 7 nitrogen and oxygen atoms in total. The van der Waals surface area contributed by atoms with Crippen molar-refractivity contribution in [1.82, 2.24) is 10.3 Å². The number of nitriles is 1. The number of hydrogen-bond donors (Lipinski definition) is 2. The number of amides is 1. The minimum absolute atomic E-state index is 0.238. The first-order valence-electron chi connectivity index (χ1n) is 10.8. The molecule has 2 N–H and O–H groups in total. The van der Waals surface area contributed by atoms with Gasteiger partial charge in [0.2, 0.25) is 0 Å². The molecule has 172 valence electrons. The van der Waals surface area contributed by atoms with E-state index in [1.807, 2.05) is 12.1 Å². The van der Waals surface area contributed by atoms with Crippen LogP contribution in [0.3, 0.4) is 0 Å². The maximum absolute atomic E-state index is 13.0. The summed E-state index contributed by atoms with van der Waals surface area (Å²) in [6, 6.07) is 12.9. The molecule has 8 heteroatoms. The molecule has 0 spiro atoms. The van der Waals surface area contributed by atoms with Crippen LogP contribution in [0.2, 0.25) is 5.02 Å². The largest absolute Gasteiger partial charge is 0.495 e. The van der Waals surface area contributed by atoms with E-state index in [9.17, 15) is 10.1 Å². The number of ether oxygens (including phenoxy) is 2. The van der Waals surface area contributed by atoms with Crippen molar-refractivity contribution in [2.45, 2.75) is 26.3 Å². The molecular formula is C25H27ClN4O3. The highest BCUT2D eigenvalue weighted by atomic mass is 35.5. The zero-order valence-corrected chi connectivity index (χ0v) is 19.5. The van der Waals surface area contributed by atoms with Crippen molar-refractivity contribution in [3.8, 4) is 11.8 Å². The molecule has 1 aromatic heterocycles. The first-order chi connectivity index (χ1) is 16.1. The number of carbonyl (C=O) groups excluding carboxylic acids is 1. The van der Waals surface area contributed by atoms with Crippen LogP contribution in [0.25, 0.3) is 10.9 Å². The van der Waals surface area contributed by atoms with Crippen LogP contribution in [-0.4, -0.2) is 37.8 Å². The van der Waals surface area contributed by atoms with E-state index in [1.165, 1.54) is 0 Å². The minimum atomic E-state index is -0.238. The number of aromatic nitrogens is 1. The van der Waals surface area contributed by atoms with E-state index in [0.717, 1.165) is 18.4 Å². The maximum atomic E-state index is 13.0. The Morgan fingerprint density at radius 2 is 2.06 bits per heavy atom. The molecule has 0 aliphatic heterocycles. The van der Waals surface area contributed by atoms with Crippen LogP contribution in [0.1, 0.15) is 41.3 Å². The van der Waals surface area contributed by atoms with Gasteiger partial charge in [-0.3, -0.25) is 9.78 Å². The summed E-state index contributed by atoms with van der Waals surface area (Å²) in [4.78, 5) is 17.4. The summed E-state index contributed by atoms with van der Waals surface area (Å²) in [5.41, 5.74) is 3.12. The second-order valence-corrected chi connectivity index (χ2v) is 7.84. The first-order valence-corrected chi connectivity index (χ1v) is 11.2. The highest BCUT2D eigenvalue weighted by Crippen LogP contribution is 2.29. The van der Waals surface area contributed by atoms with E-state index in [0.29, 0.717) is 64.8 Å². The Hall–Kier alpha value is -3.34. The molecule has 2 aromatic carbocycles. The fourth-order valence-corrected chi connectivity index (χ4v) is 3.63. The number of benzene rings is 2. The van der Waals surface area contributed by atoms with Crippen molar-refractivity contribution < 1.29 is 14.3 Å². The van der Waals surface area contributed by atoms with Crippen LogP contribution in [0.4, 0.5) is 5.69 Å². The zero-order chi connectivity index (χ0) is 23.6. The van der Waals surface area contributed by atoms with Crippen LogP contribution in [0, 0.1) is 11.3 Å². The molecule has 1 amide bonds. The van der Waals surface area contributed by atoms with Crippen molar-refractivity contribution >= 4 is 34.1 Å². The molecule has 0 aliphatic carbocycles. The van der Waals surface area contributed by atoms with Crippen molar-refractivity contribution in [2.75, 3.05) is 32.2 Å². The van der Waals surface area contributed by atoms with Crippen molar-refractivity contribution in [3.63, 3.8) is 0 Å². The number of halogens is 1. The van der Waals surface area contributed by atoms with Gasteiger partial charge in [-0.2, -0.15) is 5.26 Å². The van der Waals surface area contributed by atoms with Crippen LogP contribution in [0.5, 0.6) is 5.75 Å². The molecule has 0 bridgehead atoms. The predicted molar refractivity (Wildman–Crippen MR) is 130 cm³/mol. The van der Waals surface area contributed by atoms with E-state index >= 15 is 0 Å². The smallest absolute Gasteiger partial charge is 0.254 e. The fraction of sp³-hybridized carbons (Fsp3) is 0.320.